The minimum absolute atomic E-state index is 0.179. The first-order valence-corrected chi connectivity index (χ1v) is 7.21. The predicted molar refractivity (Wildman–Crippen MR) is 68.5 cm³/mol. The first-order chi connectivity index (χ1) is 7.95. The molecule has 1 fully saturated rings. The summed E-state index contributed by atoms with van der Waals surface area (Å²) in [6.07, 6.45) is 2.21. The van der Waals surface area contributed by atoms with E-state index in [4.69, 9.17) is 0 Å². The quantitative estimate of drug-likeness (QED) is 0.842. The lowest BCUT2D eigenvalue weighted by Crippen LogP contribution is -2.29. The highest BCUT2D eigenvalue weighted by Gasteiger charge is 2.38. The fourth-order valence-electron chi connectivity index (χ4n) is 1.54. The van der Waals surface area contributed by atoms with Crippen molar-refractivity contribution in [3.63, 3.8) is 0 Å². The van der Waals surface area contributed by atoms with Crippen LogP contribution in [0.2, 0.25) is 0 Å². The molecule has 1 saturated carbocycles. The van der Waals surface area contributed by atoms with Crippen molar-refractivity contribution in [2.75, 3.05) is 18.9 Å². The van der Waals surface area contributed by atoms with Crippen molar-refractivity contribution in [1.82, 2.24) is 4.72 Å². The van der Waals surface area contributed by atoms with Crippen LogP contribution in [0.25, 0.3) is 0 Å². The molecule has 1 aliphatic rings. The Morgan fingerprint density at radius 1 is 1.24 bits per heavy atom. The summed E-state index contributed by atoms with van der Waals surface area (Å²) in [5, 5.41) is 2.96. The van der Waals surface area contributed by atoms with Crippen molar-refractivity contribution in [2.45, 2.75) is 24.7 Å². The topological polar surface area (TPSA) is 58.2 Å². The van der Waals surface area contributed by atoms with E-state index in [0.717, 1.165) is 18.5 Å². The third-order valence-electron chi connectivity index (χ3n) is 3.25. The summed E-state index contributed by atoms with van der Waals surface area (Å²) in [5.41, 5.74) is 1.08. The summed E-state index contributed by atoms with van der Waals surface area (Å²) in [6.45, 7) is 2.63. The Hall–Kier alpha value is -1.07. The van der Waals surface area contributed by atoms with Crippen molar-refractivity contribution in [2.24, 2.45) is 5.41 Å². The van der Waals surface area contributed by atoms with Crippen LogP contribution in [0.5, 0.6) is 0 Å². The fraction of sp³-hybridized carbons (Fsp3) is 0.500. The second kappa shape index (κ2) is 4.31. The normalized spacial score (nSPS) is 17.8. The van der Waals surface area contributed by atoms with Crippen LogP contribution in [0.4, 0.5) is 5.69 Å². The second-order valence-corrected chi connectivity index (χ2v) is 6.68. The van der Waals surface area contributed by atoms with Crippen LogP contribution >= 0.6 is 0 Å². The number of nitrogens with one attached hydrogen (secondary N) is 2. The van der Waals surface area contributed by atoms with Gasteiger partial charge in [-0.1, -0.05) is 6.92 Å². The average Bonchev–Trinajstić information content (AvgIpc) is 3.06. The molecule has 1 aliphatic carbocycles. The molecule has 0 unspecified atom stereocenters. The third kappa shape index (κ3) is 2.98. The van der Waals surface area contributed by atoms with Gasteiger partial charge in [-0.15, -0.1) is 0 Å². The maximum absolute atomic E-state index is 12.0. The van der Waals surface area contributed by atoms with Gasteiger partial charge in [0.05, 0.1) is 4.90 Å². The molecule has 0 heterocycles. The van der Waals surface area contributed by atoms with Crippen molar-refractivity contribution < 1.29 is 8.42 Å². The third-order valence-corrected chi connectivity index (χ3v) is 4.66. The van der Waals surface area contributed by atoms with Crippen LogP contribution in [0.1, 0.15) is 19.8 Å². The fourth-order valence-corrected chi connectivity index (χ4v) is 2.74. The van der Waals surface area contributed by atoms with Gasteiger partial charge in [-0.25, -0.2) is 13.1 Å². The SMILES string of the molecule is CNc1ccc(S(=O)(=O)NCC2(C)CC2)cc1. The molecule has 4 nitrogen and oxygen atoms in total. The van der Waals surface area contributed by atoms with Gasteiger partial charge in [0.15, 0.2) is 0 Å². The smallest absolute Gasteiger partial charge is 0.240 e. The largest absolute Gasteiger partial charge is 0.388 e. The molecule has 0 bridgehead atoms. The molecule has 0 spiro atoms. The molecule has 0 aliphatic heterocycles. The Balaban J connectivity index is 2.07. The average molecular weight is 254 g/mol. The van der Waals surface area contributed by atoms with E-state index in [-0.39, 0.29) is 5.41 Å². The lowest BCUT2D eigenvalue weighted by atomic mass is 10.2. The summed E-state index contributed by atoms with van der Waals surface area (Å²) in [7, 11) is -1.55. The molecule has 5 heteroatoms. The molecule has 0 saturated heterocycles. The van der Waals surface area contributed by atoms with Crippen LogP contribution < -0.4 is 10.0 Å². The van der Waals surface area contributed by atoms with Crippen molar-refractivity contribution in [1.29, 1.82) is 0 Å². The van der Waals surface area contributed by atoms with Crippen molar-refractivity contribution in [3.05, 3.63) is 24.3 Å². The van der Waals surface area contributed by atoms with Crippen LogP contribution in [-0.4, -0.2) is 22.0 Å². The molecular formula is C12H18N2O2S. The highest BCUT2D eigenvalue weighted by molar-refractivity contribution is 7.89. The molecule has 0 radical (unpaired) electrons. The molecule has 2 N–H and O–H groups in total. The van der Waals surface area contributed by atoms with E-state index >= 15 is 0 Å². The zero-order valence-corrected chi connectivity index (χ0v) is 11.0. The monoisotopic (exact) mass is 254 g/mol. The summed E-state index contributed by atoms with van der Waals surface area (Å²) in [4.78, 5) is 0.320. The minimum Gasteiger partial charge on any atom is -0.388 e. The molecule has 0 aromatic heterocycles. The van der Waals surface area contributed by atoms with Gasteiger partial charge in [0.25, 0.3) is 0 Å². The predicted octanol–water partition coefficient (Wildman–Crippen LogP) is 1.81. The van der Waals surface area contributed by atoms with Gasteiger partial charge in [0.2, 0.25) is 10.0 Å². The summed E-state index contributed by atoms with van der Waals surface area (Å²) >= 11 is 0. The van der Waals surface area contributed by atoms with Crippen LogP contribution in [0.3, 0.4) is 0 Å². The van der Waals surface area contributed by atoms with Crippen LogP contribution in [-0.2, 0) is 10.0 Å². The van der Waals surface area contributed by atoms with Crippen LogP contribution in [0.15, 0.2) is 29.2 Å². The minimum atomic E-state index is -3.36. The van der Waals surface area contributed by atoms with Gasteiger partial charge in [0, 0.05) is 19.3 Å². The molecule has 94 valence electrons. The van der Waals surface area contributed by atoms with Crippen molar-refractivity contribution >= 4 is 15.7 Å². The number of anilines is 1. The maximum atomic E-state index is 12.0. The zero-order chi connectivity index (χ0) is 12.5. The second-order valence-electron chi connectivity index (χ2n) is 4.91. The Bertz CT molecular complexity index is 490. The Morgan fingerprint density at radius 3 is 2.29 bits per heavy atom. The van der Waals surface area contributed by atoms with E-state index in [1.807, 2.05) is 0 Å². The first kappa shape index (κ1) is 12.4. The molecule has 1 aromatic rings. The van der Waals surface area contributed by atoms with E-state index in [1.165, 1.54) is 0 Å². The van der Waals surface area contributed by atoms with Gasteiger partial charge in [-0.3, -0.25) is 0 Å². The van der Waals surface area contributed by atoms with Gasteiger partial charge >= 0.3 is 0 Å². The molecular weight excluding hydrogens is 236 g/mol. The highest BCUT2D eigenvalue weighted by atomic mass is 32.2. The molecule has 0 amide bonds. The number of hydrogen-bond donors (Lipinski definition) is 2. The van der Waals surface area contributed by atoms with E-state index in [0.29, 0.717) is 11.4 Å². The van der Waals surface area contributed by atoms with E-state index in [1.54, 1.807) is 31.3 Å². The Kier molecular flexibility index (Phi) is 3.14. The number of rotatable bonds is 5. The number of benzene rings is 1. The Labute approximate surface area is 102 Å². The standard InChI is InChI=1S/C12H18N2O2S/c1-12(7-8-12)9-14-17(15,16)11-5-3-10(13-2)4-6-11/h3-6,13-14H,7-9H2,1-2H3. The lowest BCUT2D eigenvalue weighted by Gasteiger charge is -2.11. The zero-order valence-electron chi connectivity index (χ0n) is 10.2. The highest BCUT2D eigenvalue weighted by Crippen LogP contribution is 2.44. The summed E-state index contributed by atoms with van der Waals surface area (Å²) in [6, 6.07) is 6.74. The molecule has 1 aromatic carbocycles. The van der Waals surface area contributed by atoms with E-state index in [2.05, 4.69) is 17.0 Å². The van der Waals surface area contributed by atoms with E-state index in [9.17, 15) is 8.42 Å². The molecule has 0 atom stereocenters. The van der Waals surface area contributed by atoms with Gasteiger partial charge < -0.3 is 5.32 Å². The first-order valence-electron chi connectivity index (χ1n) is 5.73. The van der Waals surface area contributed by atoms with Gasteiger partial charge in [-0.2, -0.15) is 0 Å². The molecule has 2 rings (SSSR count). The lowest BCUT2D eigenvalue weighted by molar-refractivity contribution is 0.530. The number of sulfonamides is 1. The van der Waals surface area contributed by atoms with E-state index < -0.39 is 10.0 Å². The Morgan fingerprint density at radius 2 is 1.82 bits per heavy atom. The number of hydrogen-bond acceptors (Lipinski definition) is 3. The summed E-state index contributed by atoms with van der Waals surface area (Å²) in [5.74, 6) is 0. The molecule has 17 heavy (non-hydrogen) atoms. The summed E-state index contributed by atoms with van der Waals surface area (Å²) < 4.78 is 26.6. The van der Waals surface area contributed by atoms with Gasteiger partial charge in [-0.05, 0) is 42.5 Å². The maximum Gasteiger partial charge on any atom is 0.240 e. The van der Waals surface area contributed by atoms with Gasteiger partial charge in [0.1, 0.15) is 0 Å². The van der Waals surface area contributed by atoms with Crippen LogP contribution in [0, 0.1) is 5.41 Å². The van der Waals surface area contributed by atoms with Crippen molar-refractivity contribution in [3.8, 4) is 0 Å².